The first kappa shape index (κ1) is 17.8. The Kier molecular flexibility index (Phi) is 4.77. The number of urea groups is 1. The van der Waals surface area contributed by atoms with Crippen LogP contribution in [0.3, 0.4) is 0 Å². The smallest absolute Gasteiger partial charge is 0.325 e. The fraction of sp³-hybridized carbons (Fsp3) is 0.500. The van der Waals surface area contributed by atoms with Gasteiger partial charge in [0, 0.05) is 17.5 Å². The minimum absolute atomic E-state index is 0.0794. The van der Waals surface area contributed by atoms with Gasteiger partial charge in [-0.05, 0) is 50.6 Å². The fourth-order valence-corrected chi connectivity index (χ4v) is 3.33. The molecule has 1 aromatic rings. The first-order chi connectivity index (χ1) is 11.8. The largest absolute Gasteiger partial charge is 0.334 e. The fourth-order valence-electron chi connectivity index (χ4n) is 2.92. The summed E-state index contributed by atoms with van der Waals surface area (Å²) in [6, 6.07) is 7.89. The molecule has 134 valence electrons. The van der Waals surface area contributed by atoms with Gasteiger partial charge in [0.25, 0.3) is 5.91 Å². The molecule has 0 aromatic heterocycles. The predicted octanol–water partition coefficient (Wildman–Crippen LogP) is 2.23. The highest BCUT2D eigenvalue weighted by Crippen LogP contribution is 2.30. The second kappa shape index (κ2) is 6.71. The molecule has 2 aliphatic rings. The van der Waals surface area contributed by atoms with Gasteiger partial charge in [-0.1, -0.05) is 12.1 Å². The molecule has 4 amide bonds. The summed E-state index contributed by atoms with van der Waals surface area (Å²) in [4.78, 5) is 41.0. The van der Waals surface area contributed by atoms with Gasteiger partial charge >= 0.3 is 6.03 Å². The first-order valence-electron chi connectivity index (χ1n) is 8.38. The Morgan fingerprint density at radius 1 is 1.28 bits per heavy atom. The van der Waals surface area contributed by atoms with Crippen LogP contribution in [0.1, 0.15) is 32.3 Å². The van der Waals surface area contributed by atoms with Gasteiger partial charge in [-0.3, -0.25) is 14.9 Å². The molecule has 1 aromatic carbocycles. The minimum atomic E-state index is -0.998. The Bertz CT molecular complexity index is 698. The summed E-state index contributed by atoms with van der Waals surface area (Å²) < 4.78 is 0. The van der Waals surface area contributed by atoms with Crippen molar-refractivity contribution in [3.8, 4) is 0 Å². The SMILES string of the molecule is CSc1ccc(CN(C(=O)CN2C(=O)NC(=O)C2(C)C)C2CC2)cc1. The molecule has 1 saturated heterocycles. The Labute approximate surface area is 151 Å². The number of thioether (sulfide) groups is 1. The van der Waals surface area contributed by atoms with Crippen molar-refractivity contribution in [2.45, 2.75) is 49.7 Å². The van der Waals surface area contributed by atoms with E-state index in [1.54, 1.807) is 25.6 Å². The molecule has 0 radical (unpaired) electrons. The maximum absolute atomic E-state index is 12.8. The third-order valence-corrected chi connectivity index (χ3v) is 5.55. The van der Waals surface area contributed by atoms with Crippen LogP contribution in [-0.2, 0) is 16.1 Å². The Morgan fingerprint density at radius 2 is 1.92 bits per heavy atom. The topological polar surface area (TPSA) is 69.7 Å². The van der Waals surface area contributed by atoms with Crippen molar-refractivity contribution in [2.24, 2.45) is 0 Å². The Hall–Kier alpha value is -2.02. The van der Waals surface area contributed by atoms with Crippen LogP contribution in [0.4, 0.5) is 4.79 Å². The third kappa shape index (κ3) is 3.66. The standard InChI is InChI=1S/C18H23N3O3S/c1-18(2)16(23)19-17(24)21(18)11-15(22)20(13-6-7-13)10-12-4-8-14(25-3)9-5-12/h4-5,8-9,13H,6-7,10-11H2,1-3H3,(H,19,23,24). The van der Waals surface area contributed by atoms with Gasteiger partial charge in [0.1, 0.15) is 12.1 Å². The van der Waals surface area contributed by atoms with Crippen LogP contribution in [0.5, 0.6) is 0 Å². The van der Waals surface area contributed by atoms with Crippen LogP contribution in [0.2, 0.25) is 0 Å². The number of carbonyl (C=O) groups is 3. The lowest BCUT2D eigenvalue weighted by Crippen LogP contribution is -2.50. The second-order valence-corrected chi connectivity index (χ2v) is 7.88. The van der Waals surface area contributed by atoms with E-state index in [1.165, 1.54) is 9.80 Å². The molecular formula is C18H23N3O3S. The summed E-state index contributed by atoms with van der Waals surface area (Å²) in [6.45, 7) is 3.76. The summed E-state index contributed by atoms with van der Waals surface area (Å²) >= 11 is 1.68. The van der Waals surface area contributed by atoms with Gasteiger partial charge in [0.15, 0.2) is 0 Å². The molecule has 1 N–H and O–H groups in total. The van der Waals surface area contributed by atoms with Gasteiger partial charge < -0.3 is 9.80 Å². The summed E-state index contributed by atoms with van der Waals surface area (Å²) in [5, 5.41) is 2.28. The second-order valence-electron chi connectivity index (χ2n) is 7.01. The quantitative estimate of drug-likeness (QED) is 0.623. The molecule has 25 heavy (non-hydrogen) atoms. The summed E-state index contributed by atoms with van der Waals surface area (Å²) in [5.41, 5.74) is 0.0707. The summed E-state index contributed by atoms with van der Waals surface area (Å²) in [6.07, 6.45) is 4.01. The van der Waals surface area contributed by atoms with E-state index in [-0.39, 0.29) is 24.4 Å². The number of hydrogen-bond donors (Lipinski definition) is 1. The van der Waals surface area contributed by atoms with E-state index >= 15 is 0 Å². The van der Waals surface area contributed by atoms with Gasteiger partial charge in [-0.15, -0.1) is 11.8 Å². The molecule has 0 spiro atoms. The van der Waals surface area contributed by atoms with Crippen molar-refractivity contribution in [3.05, 3.63) is 29.8 Å². The van der Waals surface area contributed by atoms with E-state index in [4.69, 9.17) is 0 Å². The monoisotopic (exact) mass is 361 g/mol. The average molecular weight is 361 g/mol. The zero-order valence-corrected chi connectivity index (χ0v) is 15.6. The summed E-state index contributed by atoms with van der Waals surface area (Å²) in [7, 11) is 0. The van der Waals surface area contributed by atoms with Crippen LogP contribution >= 0.6 is 11.8 Å². The van der Waals surface area contributed by atoms with E-state index in [0.717, 1.165) is 18.4 Å². The van der Waals surface area contributed by atoms with Crippen LogP contribution in [0.15, 0.2) is 29.2 Å². The lowest BCUT2D eigenvalue weighted by molar-refractivity contribution is -0.134. The number of carbonyl (C=O) groups excluding carboxylic acids is 3. The molecule has 0 unspecified atom stereocenters. The number of rotatable bonds is 6. The van der Waals surface area contributed by atoms with Crippen LogP contribution in [0.25, 0.3) is 0 Å². The van der Waals surface area contributed by atoms with Crippen molar-refractivity contribution in [3.63, 3.8) is 0 Å². The average Bonchev–Trinajstić information content (AvgIpc) is 3.39. The molecule has 0 bridgehead atoms. The van der Waals surface area contributed by atoms with E-state index in [9.17, 15) is 14.4 Å². The lowest BCUT2D eigenvalue weighted by Gasteiger charge is -2.30. The molecule has 1 aliphatic heterocycles. The van der Waals surface area contributed by atoms with Crippen LogP contribution in [-0.4, -0.2) is 52.0 Å². The lowest BCUT2D eigenvalue weighted by atomic mass is 10.0. The molecule has 1 saturated carbocycles. The van der Waals surface area contributed by atoms with Crippen molar-refractivity contribution >= 4 is 29.6 Å². The summed E-state index contributed by atoms with van der Waals surface area (Å²) in [5.74, 6) is -0.481. The number of imide groups is 1. The maximum Gasteiger partial charge on any atom is 0.325 e. The number of benzene rings is 1. The minimum Gasteiger partial charge on any atom is -0.334 e. The van der Waals surface area contributed by atoms with E-state index < -0.39 is 11.6 Å². The molecule has 7 heteroatoms. The highest BCUT2D eigenvalue weighted by molar-refractivity contribution is 7.98. The van der Waals surface area contributed by atoms with Crippen molar-refractivity contribution < 1.29 is 14.4 Å². The normalized spacial score (nSPS) is 19.1. The van der Waals surface area contributed by atoms with E-state index in [1.807, 2.05) is 35.4 Å². The Balaban J connectivity index is 1.71. The van der Waals surface area contributed by atoms with Gasteiger partial charge in [-0.25, -0.2) is 4.79 Å². The van der Waals surface area contributed by atoms with Gasteiger partial charge in [0.2, 0.25) is 5.91 Å². The molecule has 3 rings (SSSR count). The highest BCUT2D eigenvalue weighted by atomic mass is 32.2. The third-order valence-electron chi connectivity index (χ3n) is 4.81. The van der Waals surface area contributed by atoms with Crippen molar-refractivity contribution in [1.29, 1.82) is 0 Å². The molecule has 1 heterocycles. The molecular weight excluding hydrogens is 338 g/mol. The molecule has 6 nitrogen and oxygen atoms in total. The van der Waals surface area contributed by atoms with Gasteiger partial charge in [0.05, 0.1) is 0 Å². The number of nitrogens with one attached hydrogen (secondary N) is 1. The Morgan fingerprint density at radius 3 is 2.40 bits per heavy atom. The van der Waals surface area contributed by atoms with Crippen molar-refractivity contribution in [2.75, 3.05) is 12.8 Å². The number of hydrogen-bond acceptors (Lipinski definition) is 4. The predicted molar refractivity (Wildman–Crippen MR) is 96.1 cm³/mol. The van der Waals surface area contributed by atoms with Crippen LogP contribution in [0, 0.1) is 0 Å². The van der Waals surface area contributed by atoms with E-state index in [0.29, 0.717) is 6.54 Å². The highest BCUT2D eigenvalue weighted by Gasteiger charge is 2.47. The zero-order chi connectivity index (χ0) is 18.2. The molecule has 2 fully saturated rings. The number of nitrogens with zero attached hydrogens (tertiary/aromatic N) is 2. The van der Waals surface area contributed by atoms with Crippen molar-refractivity contribution in [1.82, 2.24) is 15.1 Å². The van der Waals surface area contributed by atoms with Gasteiger partial charge in [-0.2, -0.15) is 0 Å². The molecule has 0 atom stereocenters. The number of amides is 4. The van der Waals surface area contributed by atoms with Crippen LogP contribution < -0.4 is 5.32 Å². The maximum atomic E-state index is 12.8. The molecule has 1 aliphatic carbocycles. The zero-order valence-electron chi connectivity index (χ0n) is 14.7. The van der Waals surface area contributed by atoms with E-state index in [2.05, 4.69) is 5.32 Å². The first-order valence-corrected chi connectivity index (χ1v) is 9.61.